The predicted octanol–water partition coefficient (Wildman–Crippen LogP) is 5.71. The number of aromatic nitrogens is 1. The van der Waals surface area contributed by atoms with E-state index in [0.717, 1.165) is 0 Å². The normalized spacial score (nSPS) is 10.3. The number of azide groups is 1. The van der Waals surface area contributed by atoms with Gasteiger partial charge < -0.3 is 0 Å². The Morgan fingerprint density at radius 1 is 1.27 bits per heavy atom. The van der Waals surface area contributed by atoms with Crippen molar-refractivity contribution < 1.29 is 0 Å². The Hall–Kier alpha value is -2.10. The molecular weight excluding hydrogens is 391 g/mol. The van der Waals surface area contributed by atoms with Gasteiger partial charge in [0.2, 0.25) is 0 Å². The van der Waals surface area contributed by atoms with Gasteiger partial charge in [-0.15, -0.1) is 0 Å². The van der Waals surface area contributed by atoms with E-state index in [1.807, 2.05) is 6.07 Å². The van der Waals surface area contributed by atoms with Crippen molar-refractivity contribution >= 4 is 56.7 Å². The lowest BCUT2D eigenvalue weighted by Crippen LogP contribution is -1.86. The first-order chi connectivity index (χ1) is 10.6. The fourth-order valence-electron chi connectivity index (χ4n) is 1.58. The van der Waals surface area contributed by atoms with Gasteiger partial charge in [-0.25, -0.2) is 0 Å². The summed E-state index contributed by atoms with van der Waals surface area (Å²) < 4.78 is 0.534. The van der Waals surface area contributed by atoms with Crippen LogP contribution in [0, 0.1) is 11.3 Å². The van der Waals surface area contributed by atoms with Crippen molar-refractivity contribution in [3.8, 4) is 6.07 Å². The Balaban J connectivity index is 2.49. The van der Waals surface area contributed by atoms with Crippen LogP contribution in [-0.4, -0.2) is 11.2 Å². The minimum Gasteiger partial charge on any atom is -0.263 e. The molecule has 22 heavy (non-hydrogen) atoms. The van der Waals surface area contributed by atoms with E-state index in [4.69, 9.17) is 34.0 Å². The lowest BCUT2D eigenvalue weighted by Gasteiger charge is -2.04. The van der Waals surface area contributed by atoms with E-state index in [-0.39, 0.29) is 10.0 Å². The van der Waals surface area contributed by atoms with Gasteiger partial charge in [0.05, 0.1) is 27.4 Å². The summed E-state index contributed by atoms with van der Waals surface area (Å²) in [6.07, 6.45) is 4.42. The molecule has 1 aromatic carbocycles. The molecule has 108 valence electrons. The number of hydrogen-bond acceptors (Lipinski definition) is 4. The van der Waals surface area contributed by atoms with Crippen LogP contribution >= 0.6 is 39.1 Å². The van der Waals surface area contributed by atoms with Crippen molar-refractivity contribution in [3.05, 3.63) is 60.6 Å². The first kappa shape index (κ1) is 16.3. The number of nitriles is 1. The maximum atomic E-state index is 8.85. The van der Waals surface area contributed by atoms with Gasteiger partial charge in [-0.3, -0.25) is 9.98 Å². The molecule has 0 saturated heterocycles. The zero-order chi connectivity index (χ0) is 16.1. The Morgan fingerprint density at radius 3 is 2.55 bits per heavy atom. The molecule has 0 atom stereocenters. The molecule has 0 N–H and O–H groups in total. The third kappa shape index (κ3) is 3.56. The van der Waals surface area contributed by atoms with E-state index >= 15 is 0 Å². The topological polar surface area (TPSA) is 97.8 Å². The average Bonchev–Trinajstić information content (AvgIpc) is 2.49. The lowest BCUT2D eigenvalue weighted by atomic mass is 10.2. The average molecular weight is 396 g/mol. The summed E-state index contributed by atoms with van der Waals surface area (Å²) in [6.45, 7) is 0. The largest absolute Gasteiger partial charge is 0.263 e. The van der Waals surface area contributed by atoms with Crippen LogP contribution in [0.5, 0.6) is 0 Å². The minimum atomic E-state index is 0.244. The monoisotopic (exact) mass is 394 g/mol. The highest BCUT2D eigenvalue weighted by Crippen LogP contribution is 2.35. The van der Waals surface area contributed by atoms with E-state index in [2.05, 4.69) is 35.9 Å². The fraction of sp³-hybridized carbons (Fsp3) is 0. The fourth-order valence-corrected chi connectivity index (χ4v) is 2.59. The third-order valence-electron chi connectivity index (χ3n) is 2.52. The number of aliphatic imine (C=N–C) groups is 1. The molecule has 1 heterocycles. The van der Waals surface area contributed by atoms with Crippen molar-refractivity contribution in [3.63, 3.8) is 0 Å². The molecule has 0 bridgehead atoms. The molecular formula is C13H5BrCl2N6. The summed E-state index contributed by atoms with van der Waals surface area (Å²) >= 11 is 15.4. The number of halogens is 3. The first-order valence-corrected chi connectivity index (χ1v) is 7.23. The molecule has 2 rings (SSSR count). The minimum absolute atomic E-state index is 0.244. The van der Waals surface area contributed by atoms with Crippen molar-refractivity contribution in [1.82, 2.24) is 4.98 Å². The van der Waals surface area contributed by atoms with E-state index in [1.54, 1.807) is 0 Å². The molecule has 0 aliphatic heterocycles. The standard InChI is InChI=1S/C13H5BrCl2N6/c14-9-6-19-4-8(12(9)21-22-18)5-20-13-10(15)1-7(3-17)2-11(13)16/h1-2,4-6H. The van der Waals surface area contributed by atoms with Crippen LogP contribution in [0.3, 0.4) is 0 Å². The zero-order valence-corrected chi connectivity index (χ0v) is 13.8. The number of pyridine rings is 1. The molecule has 0 aliphatic carbocycles. The molecule has 0 spiro atoms. The maximum absolute atomic E-state index is 8.85. The smallest absolute Gasteiger partial charge is 0.100 e. The van der Waals surface area contributed by atoms with Crippen molar-refractivity contribution in [1.29, 1.82) is 5.26 Å². The van der Waals surface area contributed by atoms with Crippen LogP contribution < -0.4 is 0 Å². The van der Waals surface area contributed by atoms with Crippen molar-refractivity contribution in [2.75, 3.05) is 0 Å². The van der Waals surface area contributed by atoms with Gasteiger partial charge in [0.1, 0.15) is 5.69 Å². The van der Waals surface area contributed by atoms with E-state index in [0.29, 0.717) is 27.0 Å². The van der Waals surface area contributed by atoms with Gasteiger partial charge in [0, 0.05) is 33.6 Å². The zero-order valence-electron chi connectivity index (χ0n) is 10.7. The SMILES string of the molecule is N#Cc1cc(Cl)c(N=Cc2cncc(Br)c2N=[N+]=[N-])c(Cl)c1. The van der Waals surface area contributed by atoms with Crippen LogP contribution in [0.2, 0.25) is 10.0 Å². The Morgan fingerprint density at radius 2 is 1.95 bits per heavy atom. The van der Waals surface area contributed by atoms with Crippen molar-refractivity contribution in [2.45, 2.75) is 0 Å². The molecule has 0 aliphatic rings. The van der Waals surface area contributed by atoms with Crippen molar-refractivity contribution in [2.24, 2.45) is 10.1 Å². The molecule has 0 radical (unpaired) electrons. The number of rotatable bonds is 3. The van der Waals surface area contributed by atoms with Crippen LogP contribution in [0.25, 0.3) is 10.4 Å². The molecule has 0 saturated carbocycles. The Kier molecular flexibility index (Phi) is 5.36. The Bertz CT molecular complexity index is 829. The first-order valence-electron chi connectivity index (χ1n) is 5.68. The van der Waals surface area contributed by atoms with E-state index in [1.165, 1.54) is 30.7 Å². The molecule has 9 heteroatoms. The second kappa shape index (κ2) is 7.25. The highest BCUT2D eigenvalue weighted by atomic mass is 79.9. The Labute approximate surface area is 143 Å². The van der Waals surface area contributed by atoms with Crippen LogP contribution in [0.15, 0.2) is 39.1 Å². The summed E-state index contributed by atoms with van der Waals surface area (Å²) in [7, 11) is 0. The van der Waals surface area contributed by atoms with E-state index in [9.17, 15) is 0 Å². The van der Waals surface area contributed by atoms with Gasteiger partial charge in [0.15, 0.2) is 0 Å². The summed E-state index contributed by atoms with van der Waals surface area (Å²) in [5, 5.41) is 12.9. The van der Waals surface area contributed by atoms with Crippen LogP contribution in [0.1, 0.15) is 11.1 Å². The maximum Gasteiger partial charge on any atom is 0.100 e. The lowest BCUT2D eigenvalue weighted by molar-refractivity contribution is 1.27. The van der Waals surface area contributed by atoms with Gasteiger partial charge in [-0.05, 0) is 33.6 Å². The molecule has 0 fully saturated rings. The van der Waals surface area contributed by atoms with Crippen LogP contribution in [-0.2, 0) is 0 Å². The van der Waals surface area contributed by atoms with Gasteiger partial charge >= 0.3 is 0 Å². The number of nitrogens with zero attached hydrogens (tertiary/aromatic N) is 6. The molecule has 2 aromatic rings. The summed E-state index contributed by atoms with van der Waals surface area (Å²) in [5.41, 5.74) is 10.1. The van der Waals surface area contributed by atoms with E-state index < -0.39 is 0 Å². The number of benzene rings is 1. The molecule has 0 unspecified atom stereocenters. The summed E-state index contributed by atoms with van der Waals surface area (Å²) in [6, 6.07) is 4.88. The quantitative estimate of drug-likeness (QED) is 0.287. The second-order valence-electron chi connectivity index (χ2n) is 3.91. The van der Waals surface area contributed by atoms with Gasteiger partial charge in [-0.1, -0.05) is 28.3 Å². The third-order valence-corrected chi connectivity index (χ3v) is 3.68. The van der Waals surface area contributed by atoms with Crippen LogP contribution in [0.4, 0.5) is 11.4 Å². The number of hydrogen-bond donors (Lipinski definition) is 0. The predicted molar refractivity (Wildman–Crippen MR) is 89.2 cm³/mol. The highest BCUT2D eigenvalue weighted by molar-refractivity contribution is 9.10. The van der Waals surface area contributed by atoms with Gasteiger partial charge in [-0.2, -0.15) is 5.26 Å². The molecule has 6 nitrogen and oxygen atoms in total. The summed E-state index contributed by atoms with van der Waals surface area (Å²) in [5.74, 6) is 0. The second-order valence-corrected chi connectivity index (χ2v) is 5.58. The highest BCUT2D eigenvalue weighted by Gasteiger charge is 2.08. The molecule has 0 amide bonds. The van der Waals surface area contributed by atoms with Gasteiger partial charge in [0.25, 0.3) is 0 Å². The summed E-state index contributed by atoms with van der Waals surface area (Å²) in [4.78, 5) is 10.9. The molecule has 1 aromatic heterocycles.